The van der Waals surface area contributed by atoms with Crippen LogP contribution in [0.3, 0.4) is 0 Å². The average molecular weight is 228 g/mol. The maximum atomic E-state index is 11.7. The number of amides is 1. The summed E-state index contributed by atoms with van der Waals surface area (Å²) in [6.07, 6.45) is 0. The number of halogens is 1. The van der Waals surface area contributed by atoms with Gasteiger partial charge in [0.1, 0.15) is 0 Å². The zero-order chi connectivity index (χ0) is 11.5. The van der Waals surface area contributed by atoms with Gasteiger partial charge in [0, 0.05) is 10.6 Å². The Hall–Kier alpha value is -1.06. The molecular weight excluding hydrogens is 214 g/mol. The van der Waals surface area contributed by atoms with Crippen molar-refractivity contribution in [3.63, 3.8) is 0 Å². The molecule has 15 heavy (non-hydrogen) atoms. The van der Waals surface area contributed by atoms with Crippen LogP contribution in [0.1, 0.15) is 24.2 Å². The first-order valence-corrected chi connectivity index (χ1v) is 5.01. The third-order valence-corrected chi connectivity index (χ3v) is 2.17. The van der Waals surface area contributed by atoms with Gasteiger partial charge in [0.25, 0.3) is 5.91 Å². The van der Waals surface area contributed by atoms with Crippen molar-refractivity contribution in [2.45, 2.75) is 19.4 Å². The van der Waals surface area contributed by atoms with Crippen LogP contribution in [0.5, 0.6) is 0 Å². The minimum Gasteiger partial charge on any atom is -0.394 e. The topological polar surface area (TPSA) is 49.3 Å². The largest absolute Gasteiger partial charge is 0.394 e. The number of hydrogen-bond acceptors (Lipinski definition) is 2. The molecule has 0 bridgehead atoms. The Morgan fingerprint density at radius 3 is 2.73 bits per heavy atom. The van der Waals surface area contributed by atoms with Crippen molar-refractivity contribution in [3.05, 3.63) is 34.9 Å². The fourth-order valence-corrected chi connectivity index (χ4v) is 1.24. The van der Waals surface area contributed by atoms with Gasteiger partial charge >= 0.3 is 0 Å². The monoisotopic (exact) mass is 227 g/mol. The third kappa shape index (κ3) is 3.53. The summed E-state index contributed by atoms with van der Waals surface area (Å²) in [5, 5.41) is 12.2. The predicted molar refractivity (Wildman–Crippen MR) is 60.1 cm³/mol. The predicted octanol–water partition coefficient (Wildman–Crippen LogP) is 1.84. The summed E-state index contributed by atoms with van der Waals surface area (Å²) < 4.78 is 0. The highest BCUT2D eigenvalue weighted by atomic mass is 35.5. The molecule has 3 nitrogen and oxygen atoms in total. The van der Waals surface area contributed by atoms with Crippen molar-refractivity contribution < 1.29 is 9.90 Å². The maximum Gasteiger partial charge on any atom is 0.251 e. The van der Waals surface area contributed by atoms with Gasteiger partial charge < -0.3 is 10.4 Å². The molecule has 0 aliphatic rings. The molecule has 1 aromatic carbocycles. The first-order chi connectivity index (χ1) is 6.94. The second-order valence-electron chi connectivity index (χ2n) is 4.01. The van der Waals surface area contributed by atoms with Crippen molar-refractivity contribution >= 4 is 17.5 Å². The van der Waals surface area contributed by atoms with Gasteiger partial charge in [0.2, 0.25) is 0 Å². The van der Waals surface area contributed by atoms with E-state index < -0.39 is 5.54 Å². The van der Waals surface area contributed by atoms with Crippen LogP contribution in [0, 0.1) is 0 Å². The van der Waals surface area contributed by atoms with Gasteiger partial charge in [0.15, 0.2) is 0 Å². The minimum absolute atomic E-state index is 0.112. The number of carbonyl (C=O) groups is 1. The van der Waals surface area contributed by atoms with Crippen LogP contribution in [0.15, 0.2) is 24.3 Å². The van der Waals surface area contributed by atoms with Crippen molar-refractivity contribution in [1.82, 2.24) is 5.32 Å². The Kier molecular flexibility index (Phi) is 3.72. The lowest BCUT2D eigenvalue weighted by Crippen LogP contribution is -2.46. The number of aliphatic hydroxyl groups excluding tert-OH is 1. The van der Waals surface area contributed by atoms with Gasteiger partial charge in [-0.1, -0.05) is 17.7 Å². The lowest BCUT2D eigenvalue weighted by Gasteiger charge is -2.23. The molecular formula is C11H14ClNO2. The molecule has 0 fully saturated rings. The summed E-state index contributed by atoms with van der Waals surface area (Å²) in [6.45, 7) is 3.38. The maximum absolute atomic E-state index is 11.7. The fourth-order valence-electron chi connectivity index (χ4n) is 1.05. The zero-order valence-corrected chi connectivity index (χ0v) is 9.51. The Bertz CT molecular complexity index is 363. The number of aliphatic hydroxyl groups is 1. The number of hydrogen-bond donors (Lipinski definition) is 2. The van der Waals surface area contributed by atoms with Gasteiger partial charge in [-0.15, -0.1) is 0 Å². The Balaban J connectivity index is 2.78. The average Bonchev–Trinajstić information content (AvgIpc) is 2.17. The van der Waals surface area contributed by atoms with E-state index in [1.54, 1.807) is 38.1 Å². The lowest BCUT2D eigenvalue weighted by atomic mass is 10.1. The second kappa shape index (κ2) is 4.64. The van der Waals surface area contributed by atoms with E-state index >= 15 is 0 Å². The molecule has 82 valence electrons. The zero-order valence-electron chi connectivity index (χ0n) is 8.75. The summed E-state index contributed by atoms with van der Waals surface area (Å²) in [5.41, 5.74) is -0.136. The highest BCUT2D eigenvalue weighted by Crippen LogP contribution is 2.11. The van der Waals surface area contributed by atoms with E-state index in [1.807, 2.05) is 0 Å². The quantitative estimate of drug-likeness (QED) is 0.828. The van der Waals surface area contributed by atoms with Gasteiger partial charge in [-0.3, -0.25) is 4.79 Å². The highest BCUT2D eigenvalue weighted by molar-refractivity contribution is 6.30. The number of nitrogens with one attached hydrogen (secondary N) is 1. The molecule has 0 atom stereocenters. The van der Waals surface area contributed by atoms with Crippen molar-refractivity contribution in [3.8, 4) is 0 Å². The number of carbonyl (C=O) groups excluding carboxylic acids is 1. The van der Waals surface area contributed by atoms with Crippen LogP contribution < -0.4 is 5.32 Å². The molecule has 0 heterocycles. The standard InChI is InChI=1S/C11H14ClNO2/c1-11(2,7-14)13-10(15)8-4-3-5-9(12)6-8/h3-6,14H,7H2,1-2H3,(H,13,15). The molecule has 0 unspecified atom stereocenters. The van der Waals surface area contributed by atoms with Crippen LogP contribution in [0.25, 0.3) is 0 Å². The minimum atomic E-state index is -0.626. The molecule has 0 saturated heterocycles. The van der Waals surface area contributed by atoms with Crippen LogP contribution >= 0.6 is 11.6 Å². The molecule has 0 saturated carbocycles. The van der Waals surface area contributed by atoms with Crippen LogP contribution in [0.2, 0.25) is 5.02 Å². The Morgan fingerprint density at radius 1 is 1.53 bits per heavy atom. The molecule has 2 N–H and O–H groups in total. The number of rotatable bonds is 3. The molecule has 0 radical (unpaired) electrons. The summed E-state index contributed by atoms with van der Waals surface area (Å²) >= 11 is 5.76. The van der Waals surface area contributed by atoms with Gasteiger partial charge in [-0.2, -0.15) is 0 Å². The number of benzene rings is 1. The summed E-state index contributed by atoms with van der Waals surface area (Å²) in [5.74, 6) is -0.239. The highest BCUT2D eigenvalue weighted by Gasteiger charge is 2.19. The summed E-state index contributed by atoms with van der Waals surface area (Å²) in [4.78, 5) is 11.7. The van der Waals surface area contributed by atoms with E-state index in [4.69, 9.17) is 16.7 Å². The van der Waals surface area contributed by atoms with Crippen LogP contribution in [0.4, 0.5) is 0 Å². The van der Waals surface area contributed by atoms with Gasteiger partial charge in [0.05, 0.1) is 12.1 Å². The van der Waals surface area contributed by atoms with Crippen molar-refractivity contribution in [2.24, 2.45) is 0 Å². The molecule has 1 aromatic rings. The summed E-state index contributed by atoms with van der Waals surface area (Å²) in [6, 6.07) is 6.68. The van der Waals surface area contributed by atoms with Crippen molar-refractivity contribution in [1.29, 1.82) is 0 Å². The van der Waals surface area contributed by atoms with Gasteiger partial charge in [-0.25, -0.2) is 0 Å². The third-order valence-electron chi connectivity index (χ3n) is 1.93. The SMILES string of the molecule is CC(C)(CO)NC(=O)c1cccc(Cl)c1. The van der Waals surface area contributed by atoms with E-state index in [1.165, 1.54) is 0 Å². The molecule has 1 rings (SSSR count). The molecule has 0 aliphatic carbocycles. The first kappa shape index (κ1) is 12.0. The first-order valence-electron chi connectivity index (χ1n) is 4.63. The van der Waals surface area contributed by atoms with E-state index in [0.717, 1.165) is 0 Å². The van der Waals surface area contributed by atoms with Crippen LogP contribution in [-0.2, 0) is 0 Å². The van der Waals surface area contributed by atoms with E-state index in [2.05, 4.69) is 5.32 Å². The molecule has 0 spiro atoms. The molecule has 4 heteroatoms. The molecule has 0 aromatic heterocycles. The lowest BCUT2D eigenvalue weighted by molar-refractivity contribution is 0.0869. The van der Waals surface area contributed by atoms with Crippen LogP contribution in [-0.4, -0.2) is 23.2 Å². The normalized spacial score (nSPS) is 11.2. The fraction of sp³-hybridized carbons (Fsp3) is 0.364. The van der Waals surface area contributed by atoms with E-state index in [9.17, 15) is 4.79 Å². The van der Waals surface area contributed by atoms with E-state index in [0.29, 0.717) is 10.6 Å². The Labute approximate surface area is 94.1 Å². The summed E-state index contributed by atoms with van der Waals surface area (Å²) in [7, 11) is 0. The molecule has 1 amide bonds. The Morgan fingerprint density at radius 2 is 2.20 bits per heavy atom. The molecule has 0 aliphatic heterocycles. The van der Waals surface area contributed by atoms with Gasteiger partial charge in [-0.05, 0) is 32.0 Å². The second-order valence-corrected chi connectivity index (χ2v) is 4.44. The smallest absolute Gasteiger partial charge is 0.251 e. The van der Waals surface area contributed by atoms with E-state index in [-0.39, 0.29) is 12.5 Å². The van der Waals surface area contributed by atoms with Crippen molar-refractivity contribution in [2.75, 3.05) is 6.61 Å².